The van der Waals surface area contributed by atoms with Crippen LogP contribution in [0.4, 0.5) is 0 Å². The minimum absolute atomic E-state index is 0.236. The van der Waals surface area contributed by atoms with Gasteiger partial charge >= 0.3 is 0 Å². The van der Waals surface area contributed by atoms with Crippen molar-refractivity contribution in [3.63, 3.8) is 0 Å². The van der Waals surface area contributed by atoms with Crippen LogP contribution in [-0.4, -0.2) is 26.7 Å². The van der Waals surface area contributed by atoms with Gasteiger partial charge in [-0.3, -0.25) is 9.59 Å². The summed E-state index contributed by atoms with van der Waals surface area (Å²) < 4.78 is 8.33. The van der Waals surface area contributed by atoms with Crippen molar-refractivity contribution in [1.29, 1.82) is 0 Å². The molecule has 0 fully saturated rings. The van der Waals surface area contributed by atoms with E-state index in [9.17, 15) is 14.7 Å². The molecule has 0 bridgehead atoms. The second kappa shape index (κ2) is 5.54. The number of aliphatic hydroxyl groups is 1. The van der Waals surface area contributed by atoms with Crippen LogP contribution in [0.2, 0.25) is 0 Å². The van der Waals surface area contributed by atoms with Crippen LogP contribution in [0.25, 0.3) is 21.5 Å². The maximum absolute atomic E-state index is 13.2. The molecule has 1 aromatic heterocycles. The van der Waals surface area contributed by atoms with Gasteiger partial charge in [-0.25, -0.2) is 9.36 Å². The van der Waals surface area contributed by atoms with Crippen LogP contribution < -0.4 is 11.1 Å². The van der Waals surface area contributed by atoms with Crippen molar-refractivity contribution in [2.45, 2.75) is 38.6 Å². The van der Waals surface area contributed by atoms with E-state index in [4.69, 9.17) is 4.74 Å². The largest absolute Gasteiger partial charge is 0.385 e. The molecule has 0 aliphatic carbocycles. The van der Waals surface area contributed by atoms with E-state index in [1.807, 2.05) is 24.3 Å². The first-order valence-electron chi connectivity index (χ1n) is 8.46. The van der Waals surface area contributed by atoms with E-state index >= 15 is 0 Å². The molecule has 6 heteroatoms. The highest BCUT2D eigenvalue weighted by Gasteiger charge is 2.40. The molecule has 25 heavy (non-hydrogen) atoms. The standard InChI is InChI=1S/C19H20N2O4/c1-3-25-18-19(2,24)8-9-20-16(22)14-10-12-6-4-5-7-13(12)11-15(14)17(23)21(18)20/h4-7,10-11,18,24H,3,8-9H2,1-2H3/t18-,19+/m0/s1. The van der Waals surface area contributed by atoms with Crippen LogP contribution in [0.3, 0.4) is 0 Å². The summed E-state index contributed by atoms with van der Waals surface area (Å²) in [5, 5.41) is 13.2. The molecular formula is C19H20N2O4. The van der Waals surface area contributed by atoms with Crippen molar-refractivity contribution in [2.75, 3.05) is 6.61 Å². The zero-order valence-corrected chi connectivity index (χ0v) is 14.2. The Hall–Kier alpha value is -2.44. The minimum atomic E-state index is -1.21. The lowest BCUT2D eigenvalue weighted by molar-refractivity contribution is -0.169. The molecule has 1 N–H and O–H groups in total. The van der Waals surface area contributed by atoms with E-state index in [0.29, 0.717) is 23.8 Å². The van der Waals surface area contributed by atoms with Gasteiger partial charge in [0.05, 0.1) is 10.8 Å². The van der Waals surface area contributed by atoms with Gasteiger partial charge in [-0.15, -0.1) is 0 Å². The zero-order valence-electron chi connectivity index (χ0n) is 14.2. The fraction of sp³-hybridized carbons (Fsp3) is 0.368. The summed E-state index contributed by atoms with van der Waals surface area (Å²) in [7, 11) is 0. The van der Waals surface area contributed by atoms with E-state index in [1.54, 1.807) is 26.0 Å². The minimum Gasteiger partial charge on any atom is -0.385 e. The van der Waals surface area contributed by atoms with Gasteiger partial charge in [0, 0.05) is 13.2 Å². The van der Waals surface area contributed by atoms with Gasteiger partial charge in [0.2, 0.25) is 0 Å². The summed E-state index contributed by atoms with van der Waals surface area (Å²) in [5.41, 5.74) is -1.77. The molecule has 0 radical (unpaired) electrons. The third-order valence-corrected chi connectivity index (χ3v) is 4.96. The van der Waals surface area contributed by atoms with Gasteiger partial charge in [0.15, 0.2) is 6.23 Å². The molecule has 0 saturated heterocycles. The third kappa shape index (κ3) is 2.33. The Morgan fingerprint density at radius 1 is 1.16 bits per heavy atom. The fourth-order valence-electron chi connectivity index (χ4n) is 3.63. The predicted octanol–water partition coefficient (Wildman–Crippen LogP) is 2.01. The van der Waals surface area contributed by atoms with Crippen LogP contribution in [0.5, 0.6) is 0 Å². The van der Waals surface area contributed by atoms with Gasteiger partial charge in [0.1, 0.15) is 5.60 Å². The number of hydrogen-bond donors (Lipinski definition) is 1. The van der Waals surface area contributed by atoms with Crippen molar-refractivity contribution < 1.29 is 9.84 Å². The lowest BCUT2D eigenvalue weighted by Gasteiger charge is -2.39. The summed E-state index contributed by atoms with van der Waals surface area (Å²) in [6.07, 6.45) is -0.543. The number of rotatable bonds is 2. The lowest BCUT2D eigenvalue weighted by atomic mass is 9.97. The Labute approximate surface area is 143 Å². The van der Waals surface area contributed by atoms with Gasteiger partial charge in [0.25, 0.3) is 11.1 Å². The van der Waals surface area contributed by atoms with E-state index < -0.39 is 11.8 Å². The second-order valence-electron chi connectivity index (χ2n) is 6.74. The average Bonchev–Trinajstić information content (AvgIpc) is 2.60. The number of fused-ring (bicyclic) bond motifs is 3. The highest BCUT2D eigenvalue weighted by atomic mass is 16.5. The van der Waals surface area contributed by atoms with Crippen LogP contribution in [0.1, 0.15) is 26.5 Å². The third-order valence-electron chi connectivity index (χ3n) is 4.96. The Bertz CT molecular complexity index is 1090. The quantitative estimate of drug-likeness (QED) is 0.724. The number of aromatic nitrogens is 2. The lowest BCUT2D eigenvalue weighted by Crippen LogP contribution is -2.54. The van der Waals surface area contributed by atoms with Crippen LogP contribution in [0.15, 0.2) is 46.0 Å². The molecule has 1 aliphatic heterocycles. The molecule has 2 atom stereocenters. The molecule has 6 nitrogen and oxygen atoms in total. The molecule has 2 aromatic carbocycles. The Balaban J connectivity index is 2.12. The molecule has 130 valence electrons. The molecule has 0 amide bonds. The predicted molar refractivity (Wildman–Crippen MR) is 95.9 cm³/mol. The first-order chi connectivity index (χ1) is 11.9. The summed E-state index contributed by atoms with van der Waals surface area (Å²) in [4.78, 5) is 26.2. The molecule has 0 saturated carbocycles. The number of ether oxygens (including phenoxy) is 1. The average molecular weight is 340 g/mol. The van der Waals surface area contributed by atoms with Crippen LogP contribution in [0, 0.1) is 0 Å². The van der Waals surface area contributed by atoms with E-state index in [2.05, 4.69) is 0 Å². The van der Waals surface area contributed by atoms with Crippen molar-refractivity contribution in [3.8, 4) is 0 Å². The maximum atomic E-state index is 13.2. The van der Waals surface area contributed by atoms with E-state index in [0.717, 1.165) is 10.8 Å². The topological polar surface area (TPSA) is 73.5 Å². The normalized spacial score (nSPS) is 23.1. The summed E-state index contributed by atoms with van der Waals surface area (Å²) in [5.74, 6) is 0. The number of benzene rings is 2. The summed E-state index contributed by atoms with van der Waals surface area (Å²) in [6.45, 7) is 4.04. The maximum Gasteiger partial charge on any atom is 0.275 e. The van der Waals surface area contributed by atoms with Crippen LogP contribution in [-0.2, 0) is 11.3 Å². The van der Waals surface area contributed by atoms with Crippen molar-refractivity contribution in [1.82, 2.24) is 9.36 Å². The number of nitrogens with zero attached hydrogens (tertiary/aromatic N) is 2. The monoisotopic (exact) mass is 340 g/mol. The summed E-state index contributed by atoms with van der Waals surface area (Å²) >= 11 is 0. The van der Waals surface area contributed by atoms with Crippen molar-refractivity contribution in [2.24, 2.45) is 0 Å². The molecule has 0 spiro atoms. The van der Waals surface area contributed by atoms with E-state index in [1.165, 1.54) is 9.36 Å². The highest BCUT2D eigenvalue weighted by molar-refractivity contribution is 5.97. The first-order valence-corrected chi connectivity index (χ1v) is 8.46. The van der Waals surface area contributed by atoms with Crippen molar-refractivity contribution >= 4 is 21.5 Å². The highest BCUT2D eigenvalue weighted by Crippen LogP contribution is 2.30. The molecule has 1 aliphatic rings. The SMILES string of the molecule is CCO[C@@H]1n2c(=O)c3cc4ccccc4cc3c(=O)n2CC[C@@]1(C)O. The smallest absolute Gasteiger partial charge is 0.275 e. The molecule has 4 rings (SSSR count). The number of hydrogen-bond acceptors (Lipinski definition) is 4. The van der Waals surface area contributed by atoms with E-state index in [-0.39, 0.29) is 17.7 Å². The zero-order chi connectivity index (χ0) is 17.8. The Morgan fingerprint density at radius 2 is 1.76 bits per heavy atom. The van der Waals surface area contributed by atoms with Gasteiger partial charge < -0.3 is 9.84 Å². The first kappa shape index (κ1) is 16.1. The molecular weight excluding hydrogens is 320 g/mol. The molecule has 0 unspecified atom stereocenters. The Morgan fingerprint density at radius 3 is 2.36 bits per heavy atom. The molecule has 2 heterocycles. The Kier molecular flexibility index (Phi) is 3.56. The molecule has 3 aromatic rings. The van der Waals surface area contributed by atoms with Gasteiger partial charge in [-0.05, 0) is 43.2 Å². The van der Waals surface area contributed by atoms with Crippen molar-refractivity contribution in [3.05, 3.63) is 57.1 Å². The van der Waals surface area contributed by atoms with Gasteiger partial charge in [-0.2, -0.15) is 0 Å². The second-order valence-corrected chi connectivity index (χ2v) is 6.74. The fourth-order valence-corrected chi connectivity index (χ4v) is 3.63. The van der Waals surface area contributed by atoms with Gasteiger partial charge in [-0.1, -0.05) is 24.3 Å². The van der Waals surface area contributed by atoms with Crippen LogP contribution >= 0.6 is 0 Å². The summed E-state index contributed by atoms with van der Waals surface area (Å²) in [6, 6.07) is 11.1.